The Morgan fingerprint density at radius 2 is 1.95 bits per heavy atom. The van der Waals surface area contributed by atoms with Gasteiger partial charge in [0, 0.05) is 18.3 Å². The first-order valence-corrected chi connectivity index (χ1v) is 8.04. The predicted octanol–water partition coefficient (Wildman–Crippen LogP) is 1.21. The molecule has 0 aromatic heterocycles. The van der Waals surface area contributed by atoms with Crippen LogP contribution in [0.4, 0.5) is 5.69 Å². The molecule has 1 aliphatic rings. The molecule has 1 saturated heterocycles. The first kappa shape index (κ1) is 15.2. The molecule has 2 rings (SSSR count). The number of ether oxygens (including phenoxy) is 1. The number of nitrogens with two attached hydrogens (primary N) is 1. The van der Waals surface area contributed by atoms with E-state index in [9.17, 15) is 8.42 Å². The van der Waals surface area contributed by atoms with E-state index in [0.717, 1.165) is 0 Å². The Bertz CT molecular complexity index is 555. The minimum absolute atomic E-state index is 0.101. The van der Waals surface area contributed by atoms with Gasteiger partial charge in [0.05, 0.1) is 10.5 Å². The van der Waals surface area contributed by atoms with Gasteiger partial charge in [0.25, 0.3) is 0 Å². The number of nitrogen functional groups attached to an aromatic ring is 1. The number of hydrazine groups is 1. The van der Waals surface area contributed by atoms with E-state index >= 15 is 0 Å². The van der Waals surface area contributed by atoms with Crippen molar-refractivity contribution in [1.29, 1.82) is 0 Å². The second-order valence-corrected chi connectivity index (χ2v) is 7.30. The van der Waals surface area contributed by atoms with Crippen LogP contribution in [0.25, 0.3) is 0 Å². The lowest BCUT2D eigenvalue weighted by Gasteiger charge is -2.35. The van der Waals surface area contributed by atoms with Crippen LogP contribution in [0.2, 0.25) is 0 Å². The van der Waals surface area contributed by atoms with Crippen LogP contribution >= 0.6 is 0 Å². The average molecular weight is 299 g/mol. The van der Waals surface area contributed by atoms with Crippen molar-refractivity contribution in [3.63, 3.8) is 0 Å². The normalized spacial score (nSPS) is 22.4. The van der Waals surface area contributed by atoms with Crippen molar-refractivity contribution in [1.82, 2.24) is 4.72 Å². The summed E-state index contributed by atoms with van der Waals surface area (Å²) in [4.78, 5) is 0.237. The first-order chi connectivity index (χ1) is 9.32. The largest absolute Gasteiger partial charge is 0.375 e. The lowest BCUT2D eigenvalue weighted by molar-refractivity contribution is -0.0599. The fourth-order valence-electron chi connectivity index (χ4n) is 2.35. The van der Waals surface area contributed by atoms with Crippen molar-refractivity contribution in [2.45, 2.75) is 43.2 Å². The Kier molecular flexibility index (Phi) is 4.33. The molecule has 4 N–H and O–H groups in total. The van der Waals surface area contributed by atoms with Gasteiger partial charge < -0.3 is 10.2 Å². The van der Waals surface area contributed by atoms with E-state index in [1.54, 1.807) is 12.1 Å². The number of hydrogen-bond donors (Lipinski definition) is 3. The molecule has 0 radical (unpaired) electrons. The molecule has 0 spiro atoms. The Morgan fingerprint density at radius 3 is 2.50 bits per heavy atom. The van der Waals surface area contributed by atoms with Crippen molar-refractivity contribution >= 4 is 15.7 Å². The van der Waals surface area contributed by atoms with Gasteiger partial charge in [-0.25, -0.2) is 13.1 Å². The van der Waals surface area contributed by atoms with Crippen LogP contribution in [-0.4, -0.2) is 26.7 Å². The second kappa shape index (κ2) is 5.69. The van der Waals surface area contributed by atoms with Crippen LogP contribution in [0.5, 0.6) is 0 Å². The van der Waals surface area contributed by atoms with Gasteiger partial charge in [-0.05, 0) is 51.0 Å². The van der Waals surface area contributed by atoms with Crippen LogP contribution in [-0.2, 0) is 14.8 Å². The molecule has 1 atom stereocenters. The molecule has 20 heavy (non-hydrogen) atoms. The van der Waals surface area contributed by atoms with Gasteiger partial charge >= 0.3 is 0 Å². The molecule has 112 valence electrons. The minimum atomic E-state index is -3.51. The van der Waals surface area contributed by atoms with Crippen molar-refractivity contribution in [2.24, 2.45) is 5.84 Å². The monoisotopic (exact) mass is 299 g/mol. The van der Waals surface area contributed by atoms with E-state index in [1.165, 1.54) is 12.1 Å². The van der Waals surface area contributed by atoms with E-state index in [1.807, 2.05) is 13.8 Å². The molecule has 0 bridgehead atoms. The summed E-state index contributed by atoms with van der Waals surface area (Å²) < 4.78 is 32.9. The number of sulfonamides is 1. The fraction of sp³-hybridized carbons (Fsp3) is 0.538. The summed E-state index contributed by atoms with van der Waals surface area (Å²) in [6, 6.07) is 6.21. The van der Waals surface area contributed by atoms with Gasteiger partial charge in [0.1, 0.15) is 0 Å². The molecule has 6 nitrogen and oxygen atoms in total. The lowest BCUT2D eigenvalue weighted by Crippen LogP contribution is -2.45. The summed E-state index contributed by atoms with van der Waals surface area (Å²) >= 11 is 0. The molecular weight excluding hydrogens is 278 g/mol. The summed E-state index contributed by atoms with van der Waals surface area (Å²) in [7, 11) is -3.51. The standard InChI is InChI=1S/C13H21N3O3S/c1-13(2)9-11(7-8-19-13)16-20(17,18)12-5-3-10(15-14)4-6-12/h3-6,11,15-16H,7-9,14H2,1-2H3. The Hall–Kier alpha value is -1.15. The zero-order valence-corrected chi connectivity index (χ0v) is 12.5. The summed E-state index contributed by atoms with van der Waals surface area (Å²) in [6.45, 7) is 4.50. The molecule has 1 aliphatic heterocycles. The van der Waals surface area contributed by atoms with Crippen molar-refractivity contribution in [3.05, 3.63) is 24.3 Å². The Morgan fingerprint density at radius 1 is 1.30 bits per heavy atom. The third-order valence-electron chi connectivity index (χ3n) is 3.35. The van der Waals surface area contributed by atoms with Crippen molar-refractivity contribution in [3.8, 4) is 0 Å². The van der Waals surface area contributed by atoms with Gasteiger partial charge in [-0.2, -0.15) is 0 Å². The first-order valence-electron chi connectivity index (χ1n) is 6.55. The number of rotatable bonds is 4. The van der Waals surface area contributed by atoms with E-state index < -0.39 is 10.0 Å². The molecular formula is C13H21N3O3S. The number of nitrogens with one attached hydrogen (secondary N) is 2. The molecule has 1 heterocycles. The molecule has 1 aromatic rings. The number of hydrogen-bond acceptors (Lipinski definition) is 5. The van der Waals surface area contributed by atoms with Gasteiger partial charge in [-0.3, -0.25) is 5.84 Å². The summed E-state index contributed by atoms with van der Waals surface area (Å²) in [5.41, 5.74) is 2.84. The zero-order valence-electron chi connectivity index (χ0n) is 11.7. The van der Waals surface area contributed by atoms with Gasteiger partial charge in [-0.15, -0.1) is 0 Å². The summed E-state index contributed by atoms with van der Waals surface area (Å²) in [5, 5.41) is 0. The van der Waals surface area contributed by atoms with Crippen LogP contribution in [0, 0.1) is 0 Å². The highest BCUT2D eigenvalue weighted by Crippen LogP contribution is 2.25. The van der Waals surface area contributed by atoms with E-state index in [2.05, 4.69) is 10.1 Å². The highest BCUT2D eigenvalue weighted by Gasteiger charge is 2.31. The van der Waals surface area contributed by atoms with Crippen LogP contribution in [0.15, 0.2) is 29.2 Å². The maximum absolute atomic E-state index is 12.3. The maximum atomic E-state index is 12.3. The SMILES string of the molecule is CC1(C)CC(NS(=O)(=O)c2ccc(NN)cc2)CCO1. The fourth-order valence-corrected chi connectivity index (χ4v) is 3.62. The van der Waals surface area contributed by atoms with E-state index in [4.69, 9.17) is 10.6 Å². The summed E-state index contributed by atoms with van der Waals surface area (Å²) in [5.74, 6) is 5.26. The van der Waals surface area contributed by atoms with Crippen LogP contribution in [0.3, 0.4) is 0 Å². The third-order valence-corrected chi connectivity index (χ3v) is 4.89. The predicted molar refractivity (Wildman–Crippen MR) is 77.6 cm³/mol. The topological polar surface area (TPSA) is 93.5 Å². The number of benzene rings is 1. The second-order valence-electron chi connectivity index (χ2n) is 5.59. The quantitative estimate of drug-likeness (QED) is 0.574. The highest BCUT2D eigenvalue weighted by molar-refractivity contribution is 7.89. The van der Waals surface area contributed by atoms with E-state index in [-0.39, 0.29) is 16.5 Å². The number of anilines is 1. The molecule has 1 unspecified atom stereocenters. The van der Waals surface area contributed by atoms with Gasteiger partial charge in [-0.1, -0.05) is 0 Å². The highest BCUT2D eigenvalue weighted by atomic mass is 32.2. The van der Waals surface area contributed by atoms with Gasteiger partial charge in [0.15, 0.2) is 0 Å². The van der Waals surface area contributed by atoms with Crippen LogP contribution in [0.1, 0.15) is 26.7 Å². The molecule has 1 aromatic carbocycles. The van der Waals surface area contributed by atoms with Crippen molar-refractivity contribution in [2.75, 3.05) is 12.0 Å². The third kappa shape index (κ3) is 3.69. The Balaban J connectivity index is 2.10. The van der Waals surface area contributed by atoms with E-state index in [0.29, 0.717) is 25.1 Å². The molecule has 0 saturated carbocycles. The minimum Gasteiger partial charge on any atom is -0.375 e. The molecule has 1 fully saturated rings. The van der Waals surface area contributed by atoms with Gasteiger partial charge in [0.2, 0.25) is 10.0 Å². The maximum Gasteiger partial charge on any atom is 0.240 e. The summed E-state index contributed by atoms with van der Waals surface area (Å²) in [6.07, 6.45) is 1.35. The zero-order chi connectivity index (χ0) is 14.8. The lowest BCUT2D eigenvalue weighted by atomic mass is 9.95. The average Bonchev–Trinajstić information content (AvgIpc) is 2.37. The smallest absolute Gasteiger partial charge is 0.240 e. The van der Waals surface area contributed by atoms with Crippen LogP contribution < -0.4 is 16.0 Å². The Labute approximate surface area is 119 Å². The molecule has 7 heteroatoms. The molecule has 0 aliphatic carbocycles. The molecule has 0 amide bonds. The van der Waals surface area contributed by atoms with Crippen molar-refractivity contribution < 1.29 is 13.2 Å².